The highest BCUT2D eigenvalue weighted by Gasteiger charge is 2.25. The summed E-state index contributed by atoms with van der Waals surface area (Å²) in [6, 6.07) is 1.25. The van der Waals surface area contributed by atoms with Crippen molar-refractivity contribution in [3.05, 3.63) is 33.9 Å². The molecule has 1 aromatic carbocycles. The molecular formula is C11H11F2N3O3. The Labute approximate surface area is 106 Å². The zero-order valence-corrected chi connectivity index (χ0v) is 9.78. The fourth-order valence-corrected chi connectivity index (χ4v) is 1.89. The van der Waals surface area contributed by atoms with Crippen LogP contribution in [0, 0.1) is 21.7 Å². The number of amides is 1. The maximum Gasteiger partial charge on any atom is 0.295 e. The van der Waals surface area contributed by atoms with Crippen LogP contribution >= 0.6 is 0 Å². The van der Waals surface area contributed by atoms with E-state index in [1.54, 1.807) is 0 Å². The van der Waals surface area contributed by atoms with Crippen LogP contribution in [0.3, 0.4) is 0 Å². The number of anilines is 1. The van der Waals surface area contributed by atoms with Crippen molar-refractivity contribution in [1.29, 1.82) is 0 Å². The smallest absolute Gasteiger partial charge is 0.295 e. The molecule has 1 heterocycles. The Balaban J connectivity index is 2.25. The van der Waals surface area contributed by atoms with Gasteiger partial charge in [0, 0.05) is 25.1 Å². The van der Waals surface area contributed by atoms with Gasteiger partial charge in [0.1, 0.15) is 0 Å². The third kappa shape index (κ3) is 2.78. The number of halogens is 2. The van der Waals surface area contributed by atoms with Gasteiger partial charge in [0.15, 0.2) is 17.3 Å². The van der Waals surface area contributed by atoms with Crippen LogP contribution in [0.4, 0.5) is 20.2 Å². The van der Waals surface area contributed by atoms with Gasteiger partial charge in [-0.3, -0.25) is 14.9 Å². The van der Waals surface area contributed by atoms with Crippen LogP contribution in [0.5, 0.6) is 0 Å². The molecule has 1 unspecified atom stereocenters. The molecule has 0 aromatic heterocycles. The number of nitrogens with one attached hydrogen (secondary N) is 2. The SMILES string of the molecule is O=C1CCC(Nc2c([N+](=O)[O-])ccc(F)c2F)CN1. The minimum absolute atomic E-state index is 0.132. The number of carbonyl (C=O) groups is 1. The van der Waals surface area contributed by atoms with E-state index in [0.717, 1.165) is 6.07 Å². The zero-order chi connectivity index (χ0) is 14.0. The third-order valence-electron chi connectivity index (χ3n) is 2.88. The minimum Gasteiger partial charge on any atom is -0.372 e. The monoisotopic (exact) mass is 271 g/mol. The molecule has 19 heavy (non-hydrogen) atoms. The number of piperidine rings is 1. The number of nitrogens with zero attached hydrogens (tertiary/aromatic N) is 1. The molecule has 1 atom stereocenters. The zero-order valence-electron chi connectivity index (χ0n) is 9.78. The summed E-state index contributed by atoms with van der Waals surface area (Å²) in [4.78, 5) is 21.0. The summed E-state index contributed by atoms with van der Waals surface area (Å²) in [7, 11) is 0. The number of carbonyl (C=O) groups excluding carboxylic acids is 1. The summed E-state index contributed by atoms with van der Waals surface area (Å²) in [6.07, 6.45) is 0.640. The van der Waals surface area contributed by atoms with E-state index in [9.17, 15) is 23.7 Å². The summed E-state index contributed by atoms with van der Waals surface area (Å²) in [5, 5.41) is 15.9. The van der Waals surface area contributed by atoms with Crippen molar-refractivity contribution >= 4 is 17.3 Å². The van der Waals surface area contributed by atoms with Gasteiger partial charge < -0.3 is 10.6 Å². The molecule has 1 fully saturated rings. The first-order valence-electron chi connectivity index (χ1n) is 5.64. The molecule has 8 heteroatoms. The Kier molecular flexibility index (Phi) is 3.59. The Hall–Kier alpha value is -2.25. The van der Waals surface area contributed by atoms with Gasteiger partial charge in [-0.15, -0.1) is 0 Å². The average molecular weight is 271 g/mol. The summed E-state index contributed by atoms with van der Waals surface area (Å²) in [6.45, 7) is 0.214. The molecule has 2 N–H and O–H groups in total. The summed E-state index contributed by atoms with van der Waals surface area (Å²) >= 11 is 0. The van der Waals surface area contributed by atoms with E-state index >= 15 is 0 Å². The molecule has 0 aliphatic carbocycles. The second-order valence-electron chi connectivity index (χ2n) is 4.20. The van der Waals surface area contributed by atoms with Crippen LogP contribution in [0.25, 0.3) is 0 Å². The summed E-state index contributed by atoms with van der Waals surface area (Å²) in [5.74, 6) is -2.58. The number of nitro benzene ring substituents is 1. The molecule has 0 radical (unpaired) electrons. The molecule has 2 rings (SSSR count). The van der Waals surface area contributed by atoms with Crippen molar-refractivity contribution in [1.82, 2.24) is 5.32 Å². The van der Waals surface area contributed by atoms with E-state index in [0.29, 0.717) is 12.5 Å². The second kappa shape index (κ2) is 5.17. The van der Waals surface area contributed by atoms with Crippen LogP contribution < -0.4 is 10.6 Å². The molecule has 0 saturated carbocycles. The van der Waals surface area contributed by atoms with Crippen molar-refractivity contribution in [3.63, 3.8) is 0 Å². The van der Waals surface area contributed by atoms with Gasteiger partial charge in [-0.1, -0.05) is 0 Å². The largest absolute Gasteiger partial charge is 0.372 e. The van der Waals surface area contributed by atoms with Gasteiger partial charge in [-0.25, -0.2) is 8.78 Å². The topological polar surface area (TPSA) is 84.3 Å². The van der Waals surface area contributed by atoms with Gasteiger partial charge in [0.25, 0.3) is 5.69 Å². The number of rotatable bonds is 3. The maximum absolute atomic E-state index is 13.6. The van der Waals surface area contributed by atoms with Crippen LogP contribution in [0.1, 0.15) is 12.8 Å². The lowest BCUT2D eigenvalue weighted by molar-refractivity contribution is -0.384. The molecule has 1 aliphatic heterocycles. The fourth-order valence-electron chi connectivity index (χ4n) is 1.89. The van der Waals surface area contributed by atoms with Gasteiger partial charge in [0.05, 0.1) is 4.92 Å². The van der Waals surface area contributed by atoms with E-state index in [-0.39, 0.29) is 24.9 Å². The van der Waals surface area contributed by atoms with Gasteiger partial charge >= 0.3 is 0 Å². The molecule has 102 valence electrons. The van der Waals surface area contributed by atoms with Crippen molar-refractivity contribution in [2.75, 3.05) is 11.9 Å². The lowest BCUT2D eigenvalue weighted by Crippen LogP contribution is -2.42. The number of hydrogen-bond donors (Lipinski definition) is 2. The van der Waals surface area contributed by atoms with Gasteiger partial charge in [-0.05, 0) is 12.5 Å². The van der Waals surface area contributed by atoms with Crippen molar-refractivity contribution < 1.29 is 18.5 Å². The fraction of sp³-hybridized carbons (Fsp3) is 0.364. The Morgan fingerprint density at radius 1 is 1.42 bits per heavy atom. The highest BCUT2D eigenvalue weighted by Crippen LogP contribution is 2.30. The normalized spacial score (nSPS) is 18.8. The highest BCUT2D eigenvalue weighted by molar-refractivity contribution is 5.77. The minimum atomic E-state index is -1.29. The molecule has 1 aliphatic rings. The number of hydrogen-bond acceptors (Lipinski definition) is 4. The van der Waals surface area contributed by atoms with Crippen LogP contribution in [0.15, 0.2) is 12.1 Å². The van der Waals surface area contributed by atoms with E-state index in [2.05, 4.69) is 10.6 Å². The molecular weight excluding hydrogens is 260 g/mol. The first-order valence-corrected chi connectivity index (χ1v) is 5.64. The summed E-state index contributed by atoms with van der Waals surface area (Å²) in [5.41, 5.74) is -1.01. The number of benzene rings is 1. The standard InChI is InChI=1S/C11H11F2N3O3/c12-7-2-3-8(16(18)19)11(10(7)13)15-6-1-4-9(17)14-5-6/h2-3,6,15H,1,4-5H2,(H,14,17). The number of nitro groups is 1. The van der Waals surface area contributed by atoms with Gasteiger partial charge in [-0.2, -0.15) is 0 Å². The van der Waals surface area contributed by atoms with Gasteiger partial charge in [0.2, 0.25) is 5.91 Å². The predicted octanol–water partition coefficient (Wildman–Crippen LogP) is 1.56. The molecule has 0 spiro atoms. The first kappa shape index (κ1) is 13.2. The maximum atomic E-state index is 13.6. The van der Waals surface area contributed by atoms with Crippen LogP contribution in [-0.2, 0) is 4.79 Å². The Bertz CT molecular complexity index is 526. The predicted molar refractivity (Wildman–Crippen MR) is 62.7 cm³/mol. The Morgan fingerprint density at radius 3 is 2.74 bits per heavy atom. The quantitative estimate of drug-likeness (QED) is 0.645. The lowest BCUT2D eigenvalue weighted by Gasteiger charge is -2.24. The van der Waals surface area contributed by atoms with Crippen LogP contribution in [0.2, 0.25) is 0 Å². The van der Waals surface area contributed by atoms with E-state index < -0.39 is 27.9 Å². The highest BCUT2D eigenvalue weighted by atomic mass is 19.2. The van der Waals surface area contributed by atoms with Crippen molar-refractivity contribution in [2.45, 2.75) is 18.9 Å². The molecule has 1 aromatic rings. The van der Waals surface area contributed by atoms with E-state index in [1.807, 2.05) is 0 Å². The molecule has 0 bridgehead atoms. The molecule has 1 amide bonds. The first-order chi connectivity index (χ1) is 8.99. The lowest BCUT2D eigenvalue weighted by atomic mass is 10.1. The van der Waals surface area contributed by atoms with Crippen molar-refractivity contribution in [3.8, 4) is 0 Å². The van der Waals surface area contributed by atoms with Crippen LogP contribution in [-0.4, -0.2) is 23.4 Å². The summed E-state index contributed by atoms with van der Waals surface area (Å²) < 4.78 is 26.8. The Morgan fingerprint density at radius 2 is 2.16 bits per heavy atom. The third-order valence-corrected chi connectivity index (χ3v) is 2.88. The van der Waals surface area contributed by atoms with E-state index in [1.165, 1.54) is 0 Å². The average Bonchev–Trinajstić information content (AvgIpc) is 2.37. The van der Waals surface area contributed by atoms with E-state index in [4.69, 9.17) is 0 Å². The molecule has 6 nitrogen and oxygen atoms in total. The van der Waals surface area contributed by atoms with Crippen molar-refractivity contribution in [2.24, 2.45) is 0 Å². The second-order valence-corrected chi connectivity index (χ2v) is 4.20. The molecule has 1 saturated heterocycles.